The number of sulfonamides is 1. The molecule has 0 unspecified atom stereocenters. The Labute approximate surface area is 196 Å². The maximum atomic E-state index is 13.0. The van der Waals surface area contributed by atoms with Crippen molar-refractivity contribution in [1.29, 1.82) is 0 Å². The molecule has 174 valence electrons. The van der Waals surface area contributed by atoms with Crippen LogP contribution in [0.3, 0.4) is 0 Å². The van der Waals surface area contributed by atoms with Gasteiger partial charge in [-0.1, -0.05) is 45.0 Å². The normalized spacial score (nSPS) is 15.5. The van der Waals surface area contributed by atoms with Gasteiger partial charge in [-0.2, -0.15) is 4.31 Å². The standard InChI is InChI=1S/C25H30N4O3S/c1-25(2,3)20-7-5-19(6-8-20)23-13-14-26-24(27-23)28-15-17-29(18-16-28)33(30,31)22-11-9-21(32-4)10-12-22/h5-14H,15-18H2,1-4H3. The van der Waals surface area contributed by atoms with Crippen molar-refractivity contribution in [1.82, 2.24) is 14.3 Å². The van der Waals surface area contributed by atoms with Crippen molar-refractivity contribution in [3.05, 3.63) is 66.4 Å². The molecule has 0 aliphatic carbocycles. The number of benzene rings is 2. The molecule has 0 saturated carbocycles. The van der Waals surface area contributed by atoms with E-state index >= 15 is 0 Å². The average molecular weight is 467 g/mol. The second-order valence-electron chi connectivity index (χ2n) is 9.14. The molecule has 33 heavy (non-hydrogen) atoms. The van der Waals surface area contributed by atoms with Crippen molar-refractivity contribution in [3.8, 4) is 17.0 Å². The van der Waals surface area contributed by atoms with Crippen molar-refractivity contribution in [2.24, 2.45) is 0 Å². The van der Waals surface area contributed by atoms with E-state index in [-0.39, 0.29) is 10.3 Å². The lowest BCUT2D eigenvalue weighted by Crippen LogP contribution is -2.49. The van der Waals surface area contributed by atoms with Crippen LogP contribution in [-0.4, -0.2) is 56.0 Å². The molecule has 1 fully saturated rings. The van der Waals surface area contributed by atoms with E-state index in [1.54, 1.807) is 37.6 Å². The Morgan fingerprint density at radius 3 is 2.09 bits per heavy atom. The van der Waals surface area contributed by atoms with Crippen LogP contribution in [-0.2, 0) is 15.4 Å². The molecule has 1 aliphatic heterocycles. The van der Waals surface area contributed by atoms with Crippen LogP contribution >= 0.6 is 0 Å². The van der Waals surface area contributed by atoms with Gasteiger partial charge in [0.05, 0.1) is 17.7 Å². The number of methoxy groups -OCH3 is 1. The number of hydrogen-bond donors (Lipinski definition) is 0. The van der Waals surface area contributed by atoms with Gasteiger partial charge in [-0.05, 0) is 41.3 Å². The molecule has 7 nitrogen and oxygen atoms in total. The van der Waals surface area contributed by atoms with Crippen molar-refractivity contribution in [2.45, 2.75) is 31.1 Å². The van der Waals surface area contributed by atoms with Crippen LogP contribution in [0.4, 0.5) is 5.95 Å². The Balaban J connectivity index is 1.46. The molecule has 3 aromatic rings. The first-order valence-corrected chi connectivity index (χ1v) is 12.5. The highest BCUT2D eigenvalue weighted by atomic mass is 32.2. The van der Waals surface area contributed by atoms with Gasteiger partial charge in [-0.3, -0.25) is 0 Å². The minimum absolute atomic E-state index is 0.0984. The van der Waals surface area contributed by atoms with E-state index in [1.165, 1.54) is 9.87 Å². The zero-order valence-electron chi connectivity index (χ0n) is 19.5. The maximum absolute atomic E-state index is 13.0. The van der Waals surface area contributed by atoms with E-state index in [2.05, 4.69) is 50.0 Å². The van der Waals surface area contributed by atoms with Crippen molar-refractivity contribution in [3.63, 3.8) is 0 Å². The van der Waals surface area contributed by atoms with E-state index in [0.29, 0.717) is 37.9 Å². The van der Waals surface area contributed by atoms with Crippen LogP contribution in [0.15, 0.2) is 65.7 Å². The summed E-state index contributed by atoms with van der Waals surface area (Å²) in [6.45, 7) is 8.39. The van der Waals surface area contributed by atoms with Crippen molar-refractivity contribution < 1.29 is 13.2 Å². The topological polar surface area (TPSA) is 75.6 Å². The number of hydrogen-bond acceptors (Lipinski definition) is 6. The first-order valence-electron chi connectivity index (χ1n) is 11.0. The Kier molecular flexibility index (Phi) is 6.41. The summed E-state index contributed by atoms with van der Waals surface area (Å²) in [6, 6.07) is 16.8. The fourth-order valence-electron chi connectivity index (χ4n) is 3.83. The van der Waals surface area contributed by atoms with E-state index in [9.17, 15) is 8.42 Å². The van der Waals surface area contributed by atoms with E-state index in [1.807, 2.05) is 11.0 Å². The van der Waals surface area contributed by atoms with Crippen molar-refractivity contribution >= 4 is 16.0 Å². The van der Waals surface area contributed by atoms with Crippen LogP contribution in [0.25, 0.3) is 11.3 Å². The largest absolute Gasteiger partial charge is 0.497 e. The zero-order valence-corrected chi connectivity index (χ0v) is 20.3. The molecule has 0 spiro atoms. The summed E-state index contributed by atoms with van der Waals surface area (Å²) in [5.41, 5.74) is 3.26. The Bertz CT molecular complexity index is 1200. The summed E-state index contributed by atoms with van der Waals surface area (Å²) in [5, 5.41) is 0. The van der Waals surface area contributed by atoms with Crippen LogP contribution < -0.4 is 9.64 Å². The van der Waals surface area contributed by atoms with Gasteiger partial charge in [0, 0.05) is 37.9 Å². The number of piperazine rings is 1. The summed E-state index contributed by atoms with van der Waals surface area (Å²) in [7, 11) is -1.99. The van der Waals surface area contributed by atoms with Gasteiger partial charge in [0.1, 0.15) is 5.75 Å². The summed E-state index contributed by atoms with van der Waals surface area (Å²) < 4.78 is 32.6. The summed E-state index contributed by atoms with van der Waals surface area (Å²) in [6.07, 6.45) is 1.76. The van der Waals surface area contributed by atoms with E-state index in [0.717, 1.165) is 11.3 Å². The van der Waals surface area contributed by atoms with Crippen LogP contribution in [0.5, 0.6) is 5.75 Å². The number of ether oxygens (including phenoxy) is 1. The molecule has 8 heteroatoms. The SMILES string of the molecule is COc1ccc(S(=O)(=O)N2CCN(c3nccc(-c4ccc(C(C)(C)C)cc4)n3)CC2)cc1. The molecule has 2 heterocycles. The molecular weight excluding hydrogens is 436 g/mol. The van der Waals surface area contributed by atoms with Crippen LogP contribution in [0.1, 0.15) is 26.3 Å². The monoisotopic (exact) mass is 466 g/mol. The van der Waals surface area contributed by atoms with Crippen molar-refractivity contribution in [2.75, 3.05) is 38.2 Å². The zero-order chi connectivity index (χ0) is 23.6. The molecule has 2 aromatic carbocycles. The minimum Gasteiger partial charge on any atom is -0.497 e. The lowest BCUT2D eigenvalue weighted by Gasteiger charge is -2.34. The van der Waals surface area contributed by atoms with Gasteiger partial charge >= 0.3 is 0 Å². The smallest absolute Gasteiger partial charge is 0.243 e. The van der Waals surface area contributed by atoms with E-state index < -0.39 is 10.0 Å². The highest BCUT2D eigenvalue weighted by molar-refractivity contribution is 7.89. The molecular formula is C25H30N4O3S. The third-order valence-corrected chi connectivity index (χ3v) is 7.82. The third kappa shape index (κ3) is 5.02. The minimum atomic E-state index is -3.55. The maximum Gasteiger partial charge on any atom is 0.243 e. The van der Waals surface area contributed by atoms with E-state index in [4.69, 9.17) is 9.72 Å². The highest BCUT2D eigenvalue weighted by Gasteiger charge is 2.29. The summed E-state index contributed by atoms with van der Waals surface area (Å²) in [4.78, 5) is 11.5. The Hall–Kier alpha value is -2.97. The van der Waals surface area contributed by atoms with Gasteiger partial charge in [-0.25, -0.2) is 18.4 Å². The molecule has 0 N–H and O–H groups in total. The average Bonchev–Trinajstić information content (AvgIpc) is 2.84. The molecule has 0 amide bonds. The predicted octanol–water partition coefficient (Wildman–Crippen LogP) is 3.96. The molecule has 4 rings (SSSR count). The third-order valence-electron chi connectivity index (χ3n) is 5.91. The van der Waals surface area contributed by atoms with Crippen LogP contribution in [0.2, 0.25) is 0 Å². The van der Waals surface area contributed by atoms with Crippen LogP contribution in [0, 0.1) is 0 Å². The highest BCUT2D eigenvalue weighted by Crippen LogP contribution is 2.26. The quantitative estimate of drug-likeness (QED) is 0.567. The fourth-order valence-corrected chi connectivity index (χ4v) is 5.25. The molecule has 0 atom stereocenters. The van der Waals surface area contributed by atoms with Gasteiger partial charge in [0.25, 0.3) is 0 Å². The predicted molar refractivity (Wildman–Crippen MR) is 130 cm³/mol. The second kappa shape index (κ2) is 9.11. The Morgan fingerprint density at radius 2 is 1.52 bits per heavy atom. The Morgan fingerprint density at radius 1 is 0.879 bits per heavy atom. The molecule has 1 aliphatic rings. The van der Waals surface area contributed by atoms with Gasteiger partial charge in [0.15, 0.2) is 0 Å². The molecule has 1 saturated heterocycles. The first kappa shape index (κ1) is 23.2. The second-order valence-corrected chi connectivity index (χ2v) is 11.1. The first-order chi connectivity index (χ1) is 15.7. The lowest BCUT2D eigenvalue weighted by atomic mass is 9.86. The lowest BCUT2D eigenvalue weighted by molar-refractivity contribution is 0.382. The molecule has 0 bridgehead atoms. The number of anilines is 1. The number of nitrogens with zero attached hydrogens (tertiary/aromatic N) is 4. The summed E-state index contributed by atoms with van der Waals surface area (Å²) in [5.74, 6) is 1.25. The molecule has 0 radical (unpaired) electrons. The fraction of sp³-hybridized carbons (Fsp3) is 0.360. The van der Waals surface area contributed by atoms with Gasteiger partial charge in [0.2, 0.25) is 16.0 Å². The van der Waals surface area contributed by atoms with Gasteiger partial charge < -0.3 is 9.64 Å². The van der Waals surface area contributed by atoms with Gasteiger partial charge in [-0.15, -0.1) is 0 Å². The summed E-state index contributed by atoms with van der Waals surface area (Å²) >= 11 is 0. The molecule has 1 aromatic heterocycles. The number of aromatic nitrogens is 2. The number of rotatable bonds is 5.